The fourth-order valence-electron chi connectivity index (χ4n) is 6.91. The summed E-state index contributed by atoms with van der Waals surface area (Å²) in [6.45, 7) is 2.19. The molecule has 0 radical (unpaired) electrons. The molecule has 218 valence electrons. The van der Waals surface area contributed by atoms with Crippen molar-refractivity contribution in [3.63, 3.8) is 0 Å². The van der Waals surface area contributed by atoms with Crippen LogP contribution in [0.2, 0.25) is 0 Å². The van der Waals surface area contributed by atoms with Crippen LogP contribution >= 0.6 is 0 Å². The third-order valence-corrected chi connectivity index (χ3v) is 9.20. The third kappa shape index (κ3) is 4.33. The Hall–Kier alpha value is -5.87. The van der Waals surface area contributed by atoms with E-state index in [-0.39, 0.29) is 0 Å². The van der Waals surface area contributed by atoms with Crippen LogP contribution in [-0.2, 0) is 0 Å². The molecule has 0 saturated carbocycles. The van der Waals surface area contributed by atoms with Crippen molar-refractivity contribution in [2.45, 2.75) is 19.8 Å². The fraction of sp³-hybridized carbons (Fsp3) is 0.0714. The zero-order chi connectivity index (χ0) is 30.6. The third-order valence-electron chi connectivity index (χ3n) is 9.20. The standard InChI is InChI=1S/C42H29N3O/c1-26-18-23-35(32-15-9-17-38-40(32)33-14-7-8-16-37(33)46-38)44-42(45-41(26)29-11-3-2-4-12-29)36-24-30-22-21-28-20-19-27-10-5-6-13-31(27)39(28)34(30)25-43-36/h2-17,19-22,24-25H,18,23H2,1H3/b41-26+,44-35?,45-42?. The van der Waals surface area contributed by atoms with Gasteiger partial charge in [0.05, 0.1) is 11.4 Å². The van der Waals surface area contributed by atoms with E-state index in [2.05, 4.69) is 110 Å². The number of aromatic nitrogens is 1. The quantitative estimate of drug-likeness (QED) is 0.192. The lowest BCUT2D eigenvalue weighted by molar-refractivity contribution is 0.669. The monoisotopic (exact) mass is 591 g/mol. The van der Waals surface area contributed by atoms with E-state index in [1.165, 1.54) is 27.1 Å². The van der Waals surface area contributed by atoms with Gasteiger partial charge in [-0.25, -0.2) is 9.98 Å². The van der Waals surface area contributed by atoms with Gasteiger partial charge in [0.15, 0.2) is 5.84 Å². The first-order chi connectivity index (χ1) is 22.7. The first-order valence-electron chi connectivity index (χ1n) is 15.7. The molecule has 3 heterocycles. The maximum Gasteiger partial charge on any atom is 0.178 e. The first-order valence-corrected chi connectivity index (χ1v) is 15.7. The number of allylic oxidation sites excluding steroid dienone is 1. The number of benzene rings is 6. The molecule has 0 fully saturated rings. The molecule has 1 aliphatic rings. The van der Waals surface area contributed by atoms with Crippen LogP contribution in [-0.4, -0.2) is 16.5 Å². The number of hydrogen-bond acceptors (Lipinski definition) is 4. The number of pyridine rings is 1. The molecule has 0 aliphatic carbocycles. The Kier molecular flexibility index (Phi) is 6.13. The highest BCUT2D eigenvalue weighted by molar-refractivity contribution is 6.23. The molecular weight excluding hydrogens is 562 g/mol. The van der Waals surface area contributed by atoms with Crippen molar-refractivity contribution in [3.8, 4) is 0 Å². The van der Waals surface area contributed by atoms with E-state index in [1.54, 1.807) is 0 Å². The number of aliphatic imine (C=N–C) groups is 2. The van der Waals surface area contributed by atoms with Gasteiger partial charge in [0, 0.05) is 33.5 Å². The highest BCUT2D eigenvalue weighted by Gasteiger charge is 2.20. The van der Waals surface area contributed by atoms with Crippen LogP contribution < -0.4 is 0 Å². The lowest BCUT2D eigenvalue weighted by Crippen LogP contribution is -2.12. The molecule has 0 amide bonds. The number of amidine groups is 1. The molecule has 0 bridgehead atoms. The summed E-state index contributed by atoms with van der Waals surface area (Å²) in [5.74, 6) is 0.609. The zero-order valence-corrected chi connectivity index (χ0v) is 25.4. The normalized spacial score (nSPS) is 15.8. The van der Waals surface area contributed by atoms with Crippen molar-refractivity contribution in [1.29, 1.82) is 0 Å². The lowest BCUT2D eigenvalue weighted by atomic mass is 9.95. The van der Waals surface area contributed by atoms with Gasteiger partial charge in [-0.1, -0.05) is 109 Å². The Labute approximate surface area is 266 Å². The molecule has 0 atom stereocenters. The van der Waals surface area contributed by atoms with Crippen LogP contribution in [0.4, 0.5) is 0 Å². The maximum absolute atomic E-state index is 6.25. The maximum atomic E-state index is 6.25. The predicted molar refractivity (Wildman–Crippen MR) is 192 cm³/mol. The molecule has 46 heavy (non-hydrogen) atoms. The van der Waals surface area contributed by atoms with Crippen molar-refractivity contribution in [2.75, 3.05) is 0 Å². The van der Waals surface area contributed by atoms with E-state index in [9.17, 15) is 0 Å². The molecule has 6 aromatic carbocycles. The summed E-state index contributed by atoms with van der Waals surface area (Å²) in [5.41, 5.74) is 7.80. The Morgan fingerprint density at radius 1 is 0.565 bits per heavy atom. The van der Waals surface area contributed by atoms with Crippen molar-refractivity contribution < 1.29 is 4.42 Å². The molecule has 0 N–H and O–H groups in total. The summed E-state index contributed by atoms with van der Waals surface area (Å²) in [7, 11) is 0. The highest BCUT2D eigenvalue weighted by Crippen LogP contribution is 2.35. The predicted octanol–water partition coefficient (Wildman–Crippen LogP) is 10.9. The van der Waals surface area contributed by atoms with Crippen LogP contribution in [0.25, 0.3) is 60.0 Å². The number of nitrogens with zero attached hydrogens (tertiary/aromatic N) is 3. The van der Waals surface area contributed by atoms with E-state index in [0.717, 1.165) is 73.8 Å². The van der Waals surface area contributed by atoms with Crippen molar-refractivity contribution in [2.24, 2.45) is 9.98 Å². The zero-order valence-electron chi connectivity index (χ0n) is 25.4. The number of furan rings is 1. The van der Waals surface area contributed by atoms with Gasteiger partial charge in [0.1, 0.15) is 16.9 Å². The highest BCUT2D eigenvalue weighted by atomic mass is 16.3. The topological polar surface area (TPSA) is 50.8 Å². The lowest BCUT2D eigenvalue weighted by Gasteiger charge is -2.17. The van der Waals surface area contributed by atoms with Crippen molar-refractivity contribution in [1.82, 2.24) is 4.98 Å². The fourth-order valence-corrected chi connectivity index (χ4v) is 6.91. The van der Waals surface area contributed by atoms with Gasteiger partial charge in [0.2, 0.25) is 0 Å². The molecular formula is C42H29N3O. The molecule has 0 spiro atoms. The van der Waals surface area contributed by atoms with E-state index in [1.807, 2.05) is 30.5 Å². The summed E-state index contributed by atoms with van der Waals surface area (Å²) in [6.07, 6.45) is 3.61. The van der Waals surface area contributed by atoms with Gasteiger partial charge < -0.3 is 4.42 Å². The number of para-hydroxylation sites is 1. The summed E-state index contributed by atoms with van der Waals surface area (Å²) in [4.78, 5) is 15.7. The summed E-state index contributed by atoms with van der Waals surface area (Å²) >= 11 is 0. The second-order valence-electron chi connectivity index (χ2n) is 12.0. The summed E-state index contributed by atoms with van der Waals surface area (Å²) in [5, 5.41) is 9.29. The van der Waals surface area contributed by atoms with Crippen molar-refractivity contribution >= 4 is 71.5 Å². The van der Waals surface area contributed by atoms with Crippen LogP contribution in [0.3, 0.4) is 0 Å². The molecule has 0 unspecified atom stereocenters. The van der Waals surface area contributed by atoms with E-state index in [0.29, 0.717) is 5.84 Å². The molecule has 9 rings (SSSR count). The largest absolute Gasteiger partial charge is 0.456 e. The van der Waals surface area contributed by atoms with E-state index in [4.69, 9.17) is 19.4 Å². The van der Waals surface area contributed by atoms with Gasteiger partial charge >= 0.3 is 0 Å². The number of hydrogen-bond donors (Lipinski definition) is 0. The molecule has 4 heteroatoms. The second-order valence-corrected chi connectivity index (χ2v) is 12.0. The SMILES string of the molecule is C/C1=C(/c2ccccc2)N=C(c2cc3ccc4ccc5ccccc5c4c3cn2)N=C(c2cccc3oc4ccccc4c23)CC1. The second kappa shape index (κ2) is 10.6. The van der Waals surface area contributed by atoms with Crippen LogP contribution in [0.5, 0.6) is 0 Å². The van der Waals surface area contributed by atoms with Crippen molar-refractivity contribution in [3.05, 3.63) is 156 Å². The minimum atomic E-state index is 0.609. The Balaban J connectivity index is 1.28. The molecule has 0 saturated heterocycles. The van der Waals surface area contributed by atoms with Gasteiger partial charge in [-0.3, -0.25) is 4.98 Å². The van der Waals surface area contributed by atoms with Gasteiger partial charge in [0.25, 0.3) is 0 Å². The number of fused-ring (bicyclic) bond motifs is 8. The molecule has 1 aliphatic heterocycles. The Morgan fingerprint density at radius 3 is 2.20 bits per heavy atom. The van der Waals surface area contributed by atoms with E-state index < -0.39 is 0 Å². The average molecular weight is 592 g/mol. The summed E-state index contributed by atoms with van der Waals surface area (Å²) < 4.78 is 6.25. The molecule has 2 aromatic heterocycles. The first kappa shape index (κ1) is 26.5. The Morgan fingerprint density at radius 2 is 1.30 bits per heavy atom. The van der Waals surface area contributed by atoms with Gasteiger partial charge in [-0.15, -0.1) is 0 Å². The van der Waals surface area contributed by atoms with Crippen LogP contribution in [0, 0.1) is 0 Å². The van der Waals surface area contributed by atoms with Gasteiger partial charge in [-0.05, 0) is 70.5 Å². The van der Waals surface area contributed by atoms with Crippen LogP contribution in [0.15, 0.2) is 154 Å². The average Bonchev–Trinajstić information content (AvgIpc) is 3.49. The molecule has 4 nitrogen and oxygen atoms in total. The summed E-state index contributed by atoms with van der Waals surface area (Å²) in [6, 6.07) is 44.3. The minimum absolute atomic E-state index is 0.609. The smallest absolute Gasteiger partial charge is 0.178 e. The number of rotatable bonds is 3. The van der Waals surface area contributed by atoms with Crippen LogP contribution in [0.1, 0.15) is 36.6 Å². The molecule has 8 aromatic rings. The minimum Gasteiger partial charge on any atom is -0.456 e. The Bertz CT molecular complexity index is 2590. The van der Waals surface area contributed by atoms with Gasteiger partial charge in [-0.2, -0.15) is 0 Å². The van der Waals surface area contributed by atoms with E-state index >= 15 is 0 Å².